The van der Waals surface area contributed by atoms with Crippen molar-refractivity contribution >= 4 is 0 Å². The zero-order valence-electron chi connectivity index (χ0n) is 9.89. The molecule has 0 saturated carbocycles. The lowest BCUT2D eigenvalue weighted by Gasteiger charge is -2.32. The monoisotopic (exact) mass is 198 g/mol. The van der Waals surface area contributed by atoms with E-state index in [1.807, 2.05) is 0 Å². The molecule has 14 heavy (non-hydrogen) atoms. The molecule has 0 aromatic heterocycles. The minimum atomic E-state index is 0.898. The summed E-state index contributed by atoms with van der Waals surface area (Å²) in [5, 5.41) is 3.30. The van der Waals surface area contributed by atoms with Gasteiger partial charge in [-0.3, -0.25) is 0 Å². The Bertz CT molecular complexity index is 134. The van der Waals surface area contributed by atoms with Gasteiger partial charge in [0, 0.05) is 6.54 Å². The molecule has 84 valence electrons. The molecule has 1 saturated heterocycles. The van der Waals surface area contributed by atoms with Gasteiger partial charge in [-0.05, 0) is 51.9 Å². The van der Waals surface area contributed by atoms with Crippen molar-refractivity contribution in [3.8, 4) is 0 Å². The van der Waals surface area contributed by atoms with Crippen LogP contribution in [0.5, 0.6) is 0 Å². The molecule has 0 spiro atoms. The number of hydrogen-bond donors (Lipinski definition) is 1. The van der Waals surface area contributed by atoms with Gasteiger partial charge in [0.2, 0.25) is 0 Å². The summed E-state index contributed by atoms with van der Waals surface area (Å²) in [4.78, 5) is 2.65. The molecule has 1 aliphatic rings. The van der Waals surface area contributed by atoms with Crippen LogP contribution in [-0.2, 0) is 0 Å². The molecule has 1 rings (SSSR count). The van der Waals surface area contributed by atoms with Crippen molar-refractivity contribution in [2.24, 2.45) is 5.92 Å². The molecule has 0 aromatic carbocycles. The Kier molecular flexibility index (Phi) is 6.20. The van der Waals surface area contributed by atoms with Gasteiger partial charge in [-0.1, -0.05) is 19.8 Å². The van der Waals surface area contributed by atoms with E-state index in [1.165, 1.54) is 58.3 Å². The van der Waals surface area contributed by atoms with Gasteiger partial charge in [0.25, 0.3) is 0 Å². The Morgan fingerprint density at radius 1 is 1.36 bits per heavy atom. The summed E-state index contributed by atoms with van der Waals surface area (Å²) >= 11 is 0. The number of piperidine rings is 1. The summed E-state index contributed by atoms with van der Waals surface area (Å²) < 4.78 is 0. The van der Waals surface area contributed by atoms with Crippen LogP contribution in [0.25, 0.3) is 0 Å². The molecular formula is C12H26N2. The fourth-order valence-electron chi connectivity index (χ4n) is 2.40. The lowest BCUT2D eigenvalue weighted by Crippen LogP contribution is -2.39. The normalized spacial score (nSPS) is 24.0. The third-order valence-electron chi connectivity index (χ3n) is 3.17. The van der Waals surface area contributed by atoms with Crippen LogP contribution in [0.15, 0.2) is 0 Å². The Hall–Kier alpha value is -0.0800. The van der Waals surface area contributed by atoms with E-state index in [-0.39, 0.29) is 0 Å². The summed E-state index contributed by atoms with van der Waals surface area (Å²) in [5.41, 5.74) is 0. The molecule has 1 atom stereocenters. The van der Waals surface area contributed by atoms with Crippen molar-refractivity contribution in [2.75, 3.05) is 33.2 Å². The summed E-state index contributed by atoms with van der Waals surface area (Å²) in [6.07, 6.45) is 6.95. The van der Waals surface area contributed by atoms with Gasteiger partial charge in [0.1, 0.15) is 0 Å². The van der Waals surface area contributed by atoms with Crippen molar-refractivity contribution in [3.05, 3.63) is 0 Å². The van der Waals surface area contributed by atoms with E-state index in [4.69, 9.17) is 0 Å². The van der Waals surface area contributed by atoms with Crippen molar-refractivity contribution in [2.45, 2.75) is 39.0 Å². The van der Waals surface area contributed by atoms with Crippen LogP contribution in [0.2, 0.25) is 0 Å². The quantitative estimate of drug-likeness (QED) is 0.658. The first kappa shape index (κ1) is 12.0. The molecule has 1 aliphatic heterocycles. The fraction of sp³-hybridized carbons (Fsp3) is 1.00. The van der Waals surface area contributed by atoms with Crippen LogP contribution in [0.4, 0.5) is 0 Å². The zero-order chi connectivity index (χ0) is 10.2. The van der Waals surface area contributed by atoms with Gasteiger partial charge in [-0.2, -0.15) is 0 Å². The Balaban J connectivity index is 2.12. The molecule has 0 radical (unpaired) electrons. The summed E-state index contributed by atoms with van der Waals surface area (Å²) in [6, 6.07) is 0. The Morgan fingerprint density at radius 3 is 2.93 bits per heavy atom. The standard InChI is InChI=1S/C12H26N2/c1-3-4-5-8-14-9-6-7-12(11-14)10-13-2/h12-13H,3-11H2,1-2H3. The number of nitrogens with one attached hydrogen (secondary N) is 1. The summed E-state index contributed by atoms with van der Waals surface area (Å²) in [6.45, 7) is 7.47. The zero-order valence-corrected chi connectivity index (χ0v) is 9.89. The van der Waals surface area contributed by atoms with Crippen LogP contribution in [0.3, 0.4) is 0 Å². The molecule has 0 amide bonds. The highest BCUT2D eigenvalue weighted by Crippen LogP contribution is 2.16. The second-order valence-electron chi connectivity index (χ2n) is 4.57. The van der Waals surface area contributed by atoms with Crippen LogP contribution in [0, 0.1) is 5.92 Å². The van der Waals surface area contributed by atoms with Crippen LogP contribution >= 0.6 is 0 Å². The molecule has 1 fully saturated rings. The maximum absolute atomic E-state index is 3.30. The maximum atomic E-state index is 3.30. The third kappa shape index (κ3) is 4.43. The number of likely N-dealkylation sites (tertiary alicyclic amines) is 1. The van der Waals surface area contributed by atoms with Gasteiger partial charge >= 0.3 is 0 Å². The number of unbranched alkanes of at least 4 members (excludes halogenated alkanes) is 2. The first-order valence-corrected chi connectivity index (χ1v) is 6.23. The van der Waals surface area contributed by atoms with Crippen molar-refractivity contribution in [3.63, 3.8) is 0 Å². The van der Waals surface area contributed by atoms with E-state index >= 15 is 0 Å². The van der Waals surface area contributed by atoms with Gasteiger partial charge in [-0.25, -0.2) is 0 Å². The van der Waals surface area contributed by atoms with Gasteiger partial charge in [0.15, 0.2) is 0 Å². The van der Waals surface area contributed by atoms with E-state index in [0.717, 1.165) is 5.92 Å². The molecular weight excluding hydrogens is 172 g/mol. The number of rotatable bonds is 6. The summed E-state index contributed by atoms with van der Waals surface area (Å²) in [5.74, 6) is 0.898. The van der Waals surface area contributed by atoms with E-state index < -0.39 is 0 Å². The van der Waals surface area contributed by atoms with Gasteiger partial charge in [0.05, 0.1) is 0 Å². The molecule has 0 bridgehead atoms. The molecule has 2 heteroatoms. The molecule has 1 N–H and O–H groups in total. The van der Waals surface area contributed by atoms with E-state index in [0.29, 0.717) is 0 Å². The topological polar surface area (TPSA) is 15.3 Å². The van der Waals surface area contributed by atoms with E-state index in [1.54, 1.807) is 0 Å². The molecule has 2 nitrogen and oxygen atoms in total. The minimum absolute atomic E-state index is 0.898. The molecule has 1 heterocycles. The predicted octanol–water partition coefficient (Wildman–Crippen LogP) is 2.11. The Morgan fingerprint density at radius 2 is 2.21 bits per heavy atom. The first-order valence-electron chi connectivity index (χ1n) is 6.23. The smallest absolute Gasteiger partial charge is 0.00218 e. The lowest BCUT2D eigenvalue weighted by atomic mass is 9.98. The highest BCUT2D eigenvalue weighted by atomic mass is 15.1. The maximum Gasteiger partial charge on any atom is 0.00218 e. The molecule has 0 aromatic rings. The van der Waals surface area contributed by atoms with Crippen molar-refractivity contribution < 1.29 is 0 Å². The van der Waals surface area contributed by atoms with E-state index in [9.17, 15) is 0 Å². The fourth-order valence-corrected chi connectivity index (χ4v) is 2.40. The largest absolute Gasteiger partial charge is 0.319 e. The third-order valence-corrected chi connectivity index (χ3v) is 3.17. The van der Waals surface area contributed by atoms with Crippen LogP contribution in [0.1, 0.15) is 39.0 Å². The molecule has 0 aliphatic carbocycles. The van der Waals surface area contributed by atoms with Crippen LogP contribution < -0.4 is 5.32 Å². The van der Waals surface area contributed by atoms with Gasteiger partial charge in [-0.15, -0.1) is 0 Å². The van der Waals surface area contributed by atoms with Crippen LogP contribution in [-0.4, -0.2) is 38.1 Å². The lowest BCUT2D eigenvalue weighted by molar-refractivity contribution is 0.171. The van der Waals surface area contributed by atoms with Crippen molar-refractivity contribution in [1.82, 2.24) is 10.2 Å². The van der Waals surface area contributed by atoms with E-state index in [2.05, 4.69) is 24.2 Å². The average molecular weight is 198 g/mol. The molecule has 1 unspecified atom stereocenters. The Labute approximate surface area is 89.1 Å². The SMILES string of the molecule is CCCCCN1CCCC(CNC)C1. The number of hydrogen-bond acceptors (Lipinski definition) is 2. The van der Waals surface area contributed by atoms with Gasteiger partial charge < -0.3 is 10.2 Å². The highest BCUT2D eigenvalue weighted by Gasteiger charge is 2.18. The first-order chi connectivity index (χ1) is 6.86. The minimum Gasteiger partial charge on any atom is -0.319 e. The predicted molar refractivity (Wildman–Crippen MR) is 62.6 cm³/mol. The second-order valence-corrected chi connectivity index (χ2v) is 4.57. The number of nitrogens with zero attached hydrogens (tertiary/aromatic N) is 1. The second kappa shape index (κ2) is 7.24. The summed E-state index contributed by atoms with van der Waals surface area (Å²) in [7, 11) is 2.07. The highest BCUT2D eigenvalue weighted by molar-refractivity contribution is 4.73. The average Bonchev–Trinajstić information content (AvgIpc) is 2.19. The van der Waals surface area contributed by atoms with Crippen molar-refractivity contribution in [1.29, 1.82) is 0 Å².